The maximum absolute atomic E-state index is 11.5. The molecule has 1 N–H and O–H groups in total. The molecule has 1 unspecified atom stereocenters. The smallest absolute Gasteiger partial charge is 0.164 e. The van der Waals surface area contributed by atoms with Crippen LogP contribution in [0.5, 0.6) is 0 Å². The Morgan fingerprint density at radius 3 is 2.22 bits per heavy atom. The van der Waals surface area contributed by atoms with Crippen molar-refractivity contribution < 1.29 is 5.11 Å². The molecule has 118 valence electrons. The summed E-state index contributed by atoms with van der Waals surface area (Å²) >= 11 is 0. The van der Waals surface area contributed by atoms with Gasteiger partial charge in [-0.3, -0.25) is 0 Å². The highest BCUT2D eigenvalue weighted by molar-refractivity contribution is 5.47. The molecule has 0 bridgehead atoms. The molecule has 0 spiro atoms. The van der Waals surface area contributed by atoms with E-state index in [0.717, 1.165) is 11.3 Å². The number of imidazole rings is 1. The molecule has 1 heterocycles. The molecule has 0 fully saturated rings. The number of aryl methyl sites for hydroxylation is 1. The first-order valence-electron chi connectivity index (χ1n) is 7.63. The minimum absolute atomic E-state index is 0.409. The predicted molar refractivity (Wildman–Crippen MR) is 92.4 cm³/mol. The lowest BCUT2D eigenvalue weighted by Gasteiger charge is -2.33. The van der Waals surface area contributed by atoms with Crippen molar-refractivity contribution in [1.29, 1.82) is 0 Å². The minimum atomic E-state index is -1.19. The first-order valence-corrected chi connectivity index (χ1v) is 7.63. The van der Waals surface area contributed by atoms with Crippen LogP contribution in [-0.4, -0.2) is 28.3 Å². The number of aromatic nitrogens is 2. The highest BCUT2D eigenvalue weighted by Crippen LogP contribution is 2.30. The molecule has 23 heavy (non-hydrogen) atoms. The molecule has 0 amide bonds. The van der Waals surface area contributed by atoms with Crippen LogP contribution >= 0.6 is 0 Å². The second-order valence-electron chi connectivity index (χ2n) is 5.78. The highest BCUT2D eigenvalue weighted by atomic mass is 16.3. The van der Waals surface area contributed by atoms with E-state index in [9.17, 15) is 5.11 Å². The average Bonchev–Trinajstić information content (AvgIpc) is 3.03. The van der Waals surface area contributed by atoms with Gasteiger partial charge in [0.1, 0.15) is 5.82 Å². The van der Waals surface area contributed by atoms with Gasteiger partial charge in [0.15, 0.2) is 5.60 Å². The zero-order chi connectivity index (χ0) is 16.3. The van der Waals surface area contributed by atoms with Gasteiger partial charge in [-0.25, -0.2) is 4.98 Å². The number of rotatable bonds is 5. The van der Waals surface area contributed by atoms with E-state index >= 15 is 0 Å². The largest absolute Gasteiger partial charge is 0.375 e. The SMILES string of the molecule is CN(CC(O)(c1ccccc1)c1nccn1C)c1ccccc1. The summed E-state index contributed by atoms with van der Waals surface area (Å²) in [5, 5.41) is 11.5. The maximum Gasteiger partial charge on any atom is 0.164 e. The third kappa shape index (κ3) is 2.98. The molecule has 3 rings (SSSR count). The Labute approximate surface area is 136 Å². The summed E-state index contributed by atoms with van der Waals surface area (Å²) in [6.07, 6.45) is 3.57. The van der Waals surface area contributed by atoms with Crippen molar-refractivity contribution in [2.75, 3.05) is 18.5 Å². The Balaban J connectivity index is 2.01. The molecule has 0 saturated heterocycles. The fourth-order valence-electron chi connectivity index (χ4n) is 2.89. The molecule has 2 aromatic carbocycles. The van der Waals surface area contributed by atoms with Gasteiger partial charge < -0.3 is 14.6 Å². The molecule has 0 radical (unpaired) electrons. The quantitative estimate of drug-likeness (QED) is 0.788. The molecule has 4 heteroatoms. The van der Waals surface area contributed by atoms with Crippen LogP contribution in [0.15, 0.2) is 73.1 Å². The van der Waals surface area contributed by atoms with Crippen LogP contribution in [0, 0.1) is 0 Å². The topological polar surface area (TPSA) is 41.3 Å². The van der Waals surface area contributed by atoms with E-state index in [0.29, 0.717) is 12.4 Å². The molecular weight excluding hydrogens is 286 g/mol. The van der Waals surface area contributed by atoms with Crippen molar-refractivity contribution in [2.24, 2.45) is 7.05 Å². The summed E-state index contributed by atoms with van der Waals surface area (Å²) < 4.78 is 1.87. The van der Waals surface area contributed by atoms with E-state index in [1.807, 2.05) is 90.4 Å². The predicted octanol–water partition coefficient (Wildman–Crippen LogP) is 2.79. The lowest BCUT2D eigenvalue weighted by molar-refractivity contribution is 0.0763. The summed E-state index contributed by atoms with van der Waals surface area (Å²) in [6.45, 7) is 0.409. The normalized spacial score (nSPS) is 13.5. The third-order valence-electron chi connectivity index (χ3n) is 4.11. The summed E-state index contributed by atoms with van der Waals surface area (Å²) in [4.78, 5) is 6.44. The molecule has 0 saturated carbocycles. The lowest BCUT2D eigenvalue weighted by Crippen LogP contribution is -2.42. The Morgan fingerprint density at radius 2 is 1.65 bits per heavy atom. The van der Waals surface area contributed by atoms with Crippen LogP contribution in [0.3, 0.4) is 0 Å². The fourth-order valence-corrected chi connectivity index (χ4v) is 2.89. The third-order valence-corrected chi connectivity index (χ3v) is 4.11. The number of hydrogen-bond acceptors (Lipinski definition) is 3. The zero-order valence-corrected chi connectivity index (χ0v) is 13.4. The molecule has 1 atom stereocenters. The van der Waals surface area contributed by atoms with Crippen LogP contribution in [0.2, 0.25) is 0 Å². The van der Waals surface area contributed by atoms with Gasteiger partial charge in [-0.05, 0) is 17.7 Å². The van der Waals surface area contributed by atoms with Crippen LogP contribution in [0.4, 0.5) is 5.69 Å². The van der Waals surface area contributed by atoms with Crippen molar-refractivity contribution in [3.05, 3.63) is 84.4 Å². The summed E-state index contributed by atoms with van der Waals surface area (Å²) in [6, 6.07) is 19.7. The van der Waals surface area contributed by atoms with Gasteiger partial charge in [0.25, 0.3) is 0 Å². The standard InChI is InChI=1S/C19H21N3O/c1-21-14-13-20-18(21)19(23,16-9-5-3-6-10-16)15-22(2)17-11-7-4-8-12-17/h3-14,23H,15H2,1-2H3. The van der Waals surface area contributed by atoms with Gasteiger partial charge >= 0.3 is 0 Å². The monoisotopic (exact) mass is 307 g/mol. The molecule has 3 aromatic rings. The Hall–Kier alpha value is -2.59. The first kappa shape index (κ1) is 15.3. The van der Waals surface area contributed by atoms with Crippen LogP contribution < -0.4 is 4.90 Å². The first-order chi connectivity index (χ1) is 11.1. The van der Waals surface area contributed by atoms with Gasteiger partial charge in [-0.2, -0.15) is 0 Å². The van der Waals surface area contributed by atoms with E-state index < -0.39 is 5.60 Å². The Morgan fingerprint density at radius 1 is 1.04 bits per heavy atom. The summed E-state index contributed by atoms with van der Waals surface area (Å²) in [5.74, 6) is 0.631. The van der Waals surface area contributed by atoms with E-state index in [2.05, 4.69) is 4.98 Å². The van der Waals surface area contributed by atoms with E-state index in [1.165, 1.54) is 0 Å². The number of likely N-dealkylation sites (N-methyl/N-ethyl adjacent to an activating group) is 1. The Kier molecular flexibility index (Phi) is 4.17. The van der Waals surface area contributed by atoms with E-state index in [1.54, 1.807) is 6.20 Å². The molecule has 0 aliphatic carbocycles. The number of hydrogen-bond donors (Lipinski definition) is 1. The second kappa shape index (κ2) is 6.26. The number of aliphatic hydroxyl groups is 1. The summed E-state index contributed by atoms with van der Waals surface area (Å²) in [7, 11) is 3.88. The fraction of sp³-hybridized carbons (Fsp3) is 0.211. The van der Waals surface area contributed by atoms with Gasteiger partial charge in [0, 0.05) is 32.2 Å². The number of benzene rings is 2. The van der Waals surface area contributed by atoms with E-state index in [4.69, 9.17) is 0 Å². The zero-order valence-electron chi connectivity index (χ0n) is 13.4. The number of anilines is 1. The van der Waals surface area contributed by atoms with Crippen LogP contribution in [0.1, 0.15) is 11.4 Å². The van der Waals surface area contributed by atoms with Gasteiger partial charge in [0.2, 0.25) is 0 Å². The molecule has 4 nitrogen and oxygen atoms in total. The van der Waals surface area contributed by atoms with Crippen molar-refractivity contribution in [3.8, 4) is 0 Å². The summed E-state index contributed by atoms with van der Waals surface area (Å²) in [5.41, 5.74) is 0.692. The molecule has 0 aliphatic rings. The highest BCUT2D eigenvalue weighted by Gasteiger charge is 2.36. The Bertz CT molecular complexity index is 755. The van der Waals surface area contributed by atoms with Crippen molar-refractivity contribution >= 4 is 5.69 Å². The molecule has 1 aromatic heterocycles. The van der Waals surface area contributed by atoms with Gasteiger partial charge in [0.05, 0.1) is 6.54 Å². The van der Waals surface area contributed by atoms with Crippen LogP contribution in [-0.2, 0) is 12.6 Å². The molecule has 0 aliphatic heterocycles. The number of para-hydroxylation sites is 1. The van der Waals surface area contributed by atoms with Crippen molar-refractivity contribution in [3.63, 3.8) is 0 Å². The van der Waals surface area contributed by atoms with Crippen molar-refractivity contribution in [2.45, 2.75) is 5.60 Å². The van der Waals surface area contributed by atoms with Gasteiger partial charge in [-0.1, -0.05) is 48.5 Å². The molecular formula is C19H21N3O. The lowest BCUT2D eigenvalue weighted by atomic mass is 9.92. The average molecular weight is 307 g/mol. The minimum Gasteiger partial charge on any atom is -0.375 e. The number of nitrogens with zero attached hydrogens (tertiary/aromatic N) is 3. The maximum atomic E-state index is 11.5. The van der Waals surface area contributed by atoms with E-state index in [-0.39, 0.29) is 0 Å². The second-order valence-corrected chi connectivity index (χ2v) is 5.78. The van der Waals surface area contributed by atoms with Crippen molar-refractivity contribution in [1.82, 2.24) is 9.55 Å². The van der Waals surface area contributed by atoms with Gasteiger partial charge in [-0.15, -0.1) is 0 Å². The van der Waals surface area contributed by atoms with Crippen LogP contribution in [0.25, 0.3) is 0 Å².